The fourth-order valence-corrected chi connectivity index (χ4v) is 3.27. The van der Waals surface area contributed by atoms with Gasteiger partial charge in [0.05, 0.1) is 5.02 Å². The van der Waals surface area contributed by atoms with Crippen molar-refractivity contribution in [3.05, 3.63) is 41.3 Å². The van der Waals surface area contributed by atoms with Crippen LogP contribution in [-0.2, 0) is 4.79 Å². The standard InChI is InChI=1S/C14H13ClN4OS/c1-2-17-13-8-5-9(15)11(6-10(8)19-14(13)20)21-12-3-4-16-7-18-12/h3-7,13,17H,2H2,1H3,(H,19,20). The zero-order chi connectivity index (χ0) is 14.8. The average molecular weight is 321 g/mol. The van der Waals surface area contributed by atoms with Crippen molar-refractivity contribution in [3.63, 3.8) is 0 Å². The molecule has 1 aliphatic heterocycles. The van der Waals surface area contributed by atoms with E-state index < -0.39 is 0 Å². The highest BCUT2D eigenvalue weighted by atomic mass is 35.5. The van der Waals surface area contributed by atoms with Gasteiger partial charge in [0.15, 0.2) is 0 Å². The number of rotatable bonds is 4. The number of carbonyl (C=O) groups is 1. The van der Waals surface area contributed by atoms with Gasteiger partial charge < -0.3 is 10.6 Å². The number of hydrogen-bond acceptors (Lipinski definition) is 5. The number of benzene rings is 1. The second-order valence-electron chi connectivity index (χ2n) is 4.50. The van der Waals surface area contributed by atoms with Crippen molar-refractivity contribution in [3.8, 4) is 0 Å². The molecule has 1 aliphatic rings. The molecule has 1 atom stereocenters. The molecule has 2 aromatic rings. The lowest BCUT2D eigenvalue weighted by atomic mass is 10.1. The van der Waals surface area contributed by atoms with Crippen LogP contribution in [0.3, 0.4) is 0 Å². The summed E-state index contributed by atoms with van der Waals surface area (Å²) in [6.45, 7) is 2.68. The van der Waals surface area contributed by atoms with Gasteiger partial charge in [0.1, 0.15) is 17.4 Å². The quantitative estimate of drug-likeness (QED) is 0.848. The van der Waals surface area contributed by atoms with Gasteiger partial charge in [0.25, 0.3) is 0 Å². The third kappa shape index (κ3) is 2.88. The molecule has 0 aliphatic carbocycles. The summed E-state index contributed by atoms with van der Waals surface area (Å²) in [6.07, 6.45) is 3.17. The third-order valence-electron chi connectivity index (χ3n) is 3.11. The molecule has 3 rings (SSSR count). The first-order valence-corrected chi connectivity index (χ1v) is 7.70. The number of nitrogens with one attached hydrogen (secondary N) is 2. The summed E-state index contributed by atoms with van der Waals surface area (Å²) in [7, 11) is 0. The highest BCUT2D eigenvalue weighted by Gasteiger charge is 2.30. The van der Waals surface area contributed by atoms with Crippen molar-refractivity contribution in [2.45, 2.75) is 22.9 Å². The van der Waals surface area contributed by atoms with Crippen LogP contribution in [0, 0.1) is 0 Å². The third-order valence-corrected chi connectivity index (χ3v) is 4.55. The van der Waals surface area contributed by atoms with Crippen LogP contribution in [0.4, 0.5) is 5.69 Å². The van der Waals surface area contributed by atoms with Gasteiger partial charge in [-0.2, -0.15) is 0 Å². The molecular weight excluding hydrogens is 308 g/mol. The molecule has 7 heteroatoms. The number of carbonyl (C=O) groups excluding carboxylic acids is 1. The van der Waals surface area contributed by atoms with E-state index in [1.165, 1.54) is 18.1 Å². The van der Waals surface area contributed by atoms with E-state index in [1.807, 2.05) is 25.1 Å². The van der Waals surface area contributed by atoms with Gasteiger partial charge in [-0.1, -0.05) is 30.3 Å². The molecule has 0 saturated heterocycles. The first-order valence-electron chi connectivity index (χ1n) is 6.50. The van der Waals surface area contributed by atoms with Crippen LogP contribution in [0.1, 0.15) is 18.5 Å². The number of fused-ring (bicyclic) bond motifs is 1. The number of anilines is 1. The number of aromatic nitrogens is 2. The zero-order valence-electron chi connectivity index (χ0n) is 11.3. The lowest BCUT2D eigenvalue weighted by molar-refractivity contribution is -0.117. The average Bonchev–Trinajstić information content (AvgIpc) is 2.77. The predicted octanol–water partition coefficient (Wildman–Crippen LogP) is 2.88. The van der Waals surface area contributed by atoms with Crippen molar-refractivity contribution < 1.29 is 4.79 Å². The molecule has 21 heavy (non-hydrogen) atoms. The maximum Gasteiger partial charge on any atom is 0.246 e. The van der Waals surface area contributed by atoms with E-state index in [4.69, 9.17) is 11.6 Å². The smallest absolute Gasteiger partial charge is 0.246 e. The van der Waals surface area contributed by atoms with Crippen molar-refractivity contribution in [1.29, 1.82) is 0 Å². The number of hydrogen-bond donors (Lipinski definition) is 2. The van der Waals surface area contributed by atoms with E-state index in [-0.39, 0.29) is 11.9 Å². The predicted molar refractivity (Wildman–Crippen MR) is 82.7 cm³/mol. The molecule has 1 unspecified atom stereocenters. The van der Waals surface area contributed by atoms with Crippen LogP contribution < -0.4 is 10.6 Å². The largest absolute Gasteiger partial charge is 0.324 e. The van der Waals surface area contributed by atoms with Gasteiger partial charge in [-0.25, -0.2) is 9.97 Å². The minimum absolute atomic E-state index is 0.0490. The van der Waals surface area contributed by atoms with Crippen LogP contribution in [0.2, 0.25) is 5.02 Å². The molecule has 0 saturated carbocycles. The van der Waals surface area contributed by atoms with Gasteiger partial charge in [-0.15, -0.1) is 0 Å². The SMILES string of the molecule is CCNC1C(=O)Nc2cc(Sc3ccncn3)c(Cl)cc21. The number of nitrogens with zero attached hydrogens (tertiary/aromatic N) is 2. The molecule has 1 amide bonds. The van der Waals surface area contributed by atoms with Crippen LogP contribution in [-0.4, -0.2) is 22.4 Å². The highest BCUT2D eigenvalue weighted by Crippen LogP contribution is 2.40. The summed E-state index contributed by atoms with van der Waals surface area (Å²) in [5.41, 5.74) is 1.69. The molecule has 0 spiro atoms. The summed E-state index contributed by atoms with van der Waals surface area (Å²) < 4.78 is 0. The highest BCUT2D eigenvalue weighted by molar-refractivity contribution is 7.99. The van der Waals surface area contributed by atoms with Gasteiger partial charge in [0.2, 0.25) is 5.91 Å². The fourth-order valence-electron chi connectivity index (χ4n) is 2.20. The Morgan fingerprint density at radius 3 is 3.05 bits per heavy atom. The lowest BCUT2D eigenvalue weighted by Gasteiger charge is -2.11. The van der Waals surface area contributed by atoms with Crippen LogP contribution >= 0.6 is 23.4 Å². The lowest BCUT2D eigenvalue weighted by Crippen LogP contribution is -2.27. The molecule has 0 radical (unpaired) electrons. The Morgan fingerprint density at radius 1 is 1.48 bits per heavy atom. The van der Waals surface area contributed by atoms with Crippen LogP contribution in [0.15, 0.2) is 40.6 Å². The van der Waals surface area contributed by atoms with E-state index in [2.05, 4.69) is 20.6 Å². The van der Waals surface area contributed by atoms with Crippen molar-refractivity contribution >= 4 is 35.0 Å². The first-order chi connectivity index (χ1) is 10.2. The summed E-state index contributed by atoms with van der Waals surface area (Å²) in [4.78, 5) is 20.9. The minimum Gasteiger partial charge on any atom is -0.324 e. The van der Waals surface area contributed by atoms with E-state index in [9.17, 15) is 4.79 Å². The first kappa shape index (κ1) is 14.3. The van der Waals surface area contributed by atoms with E-state index >= 15 is 0 Å². The Labute approximate surface area is 131 Å². The maximum atomic E-state index is 12.0. The van der Waals surface area contributed by atoms with E-state index in [0.717, 1.165) is 21.2 Å². The van der Waals surface area contributed by atoms with Gasteiger partial charge in [-0.3, -0.25) is 4.79 Å². The van der Waals surface area contributed by atoms with Gasteiger partial charge >= 0.3 is 0 Å². The second kappa shape index (κ2) is 6.01. The normalized spacial score (nSPS) is 16.7. The Morgan fingerprint density at radius 2 is 2.33 bits per heavy atom. The summed E-state index contributed by atoms with van der Waals surface area (Å²) in [5, 5.41) is 7.44. The second-order valence-corrected chi connectivity index (χ2v) is 5.97. The Hall–Kier alpha value is -1.63. The van der Waals surface area contributed by atoms with Crippen LogP contribution in [0.5, 0.6) is 0 Å². The molecular formula is C14H13ClN4OS. The zero-order valence-corrected chi connectivity index (χ0v) is 12.8. The molecule has 1 aromatic heterocycles. The number of halogens is 1. The molecule has 1 aromatic carbocycles. The maximum absolute atomic E-state index is 12.0. The van der Waals surface area contributed by atoms with Gasteiger partial charge in [0, 0.05) is 22.3 Å². The van der Waals surface area contributed by atoms with Crippen LogP contribution in [0.25, 0.3) is 0 Å². The van der Waals surface area contributed by atoms with Crippen molar-refractivity contribution in [2.24, 2.45) is 0 Å². The summed E-state index contributed by atoms with van der Waals surface area (Å²) in [6, 6.07) is 5.21. The van der Waals surface area contributed by atoms with E-state index in [1.54, 1.807) is 6.20 Å². The van der Waals surface area contributed by atoms with E-state index in [0.29, 0.717) is 11.6 Å². The van der Waals surface area contributed by atoms with Crippen molar-refractivity contribution in [1.82, 2.24) is 15.3 Å². The molecule has 0 bridgehead atoms. The summed E-state index contributed by atoms with van der Waals surface area (Å²) in [5.74, 6) is -0.0490. The molecule has 5 nitrogen and oxygen atoms in total. The number of amides is 1. The molecule has 0 fully saturated rings. The Balaban J connectivity index is 1.92. The monoisotopic (exact) mass is 320 g/mol. The van der Waals surface area contributed by atoms with Crippen molar-refractivity contribution in [2.75, 3.05) is 11.9 Å². The topological polar surface area (TPSA) is 66.9 Å². The summed E-state index contributed by atoms with van der Waals surface area (Å²) >= 11 is 7.78. The molecule has 2 N–H and O–H groups in total. The minimum atomic E-state index is -0.333. The Bertz CT molecular complexity index is 680. The van der Waals surface area contributed by atoms with Gasteiger partial charge in [-0.05, 0) is 24.7 Å². The fraction of sp³-hybridized carbons (Fsp3) is 0.214. The molecule has 2 heterocycles. The molecule has 108 valence electrons. The Kier molecular flexibility index (Phi) is 4.10. The number of likely N-dealkylation sites (N-methyl/N-ethyl adjacent to an activating group) is 1.